The van der Waals surface area contributed by atoms with E-state index in [1.807, 2.05) is 0 Å². The molecule has 2 aromatic rings. The summed E-state index contributed by atoms with van der Waals surface area (Å²) in [6, 6.07) is 9.56. The van der Waals surface area contributed by atoms with Gasteiger partial charge in [-0.05, 0) is 24.3 Å². The lowest BCUT2D eigenvalue weighted by molar-refractivity contribution is -0.140. The number of phenolic OH excluding ortho intramolecular Hbond substituents is 1. The zero-order valence-electron chi connectivity index (χ0n) is 15.1. The lowest BCUT2D eigenvalue weighted by atomic mass is 10.3. The maximum atomic E-state index is 11.9. The molecule has 1 heterocycles. The van der Waals surface area contributed by atoms with E-state index in [0.717, 1.165) is 0 Å². The van der Waals surface area contributed by atoms with E-state index < -0.39 is 5.97 Å². The van der Waals surface area contributed by atoms with Gasteiger partial charge in [0.15, 0.2) is 5.82 Å². The van der Waals surface area contributed by atoms with Crippen LogP contribution >= 0.6 is 21.6 Å². The second kappa shape index (κ2) is 12.0. The molecule has 28 heavy (non-hydrogen) atoms. The Morgan fingerprint density at radius 3 is 2.46 bits per heavy atom. The van der Waals surface area contributed by atoms with Crippen LogP contribution in [0.5, 0.6) is 11.5 Å². The number of methoxy groups -OCH3 is 1. The number of carbonyl (C=O) groups excluding carboxylic acids is 2. The minimum Gasteiger partial charge on any atom is -0.505 e. The van der Waals surface area contributed by atoms with Gasteiger partial charge in [0.1, 0.15) is 17.2 Å². The molecule has 1 N–H and O–H groups in total. The topological polar surface area (TPSA) is 110 Å². The van der Waals surface area contributed by atoms with Crippen molar-refractivity contribution in [3.05, 3.63) is 42.6 Å². The number of carbonyl (C=O) groups is 2. The Morgan fingerprint density at radius 1 is 1.07 bits per heavy atom. The third kappa shape index (κ3) is 7.97. The fourth-order valence-corrected chi connectivity index (χ4v) is 3.76. The molecular formula is C18H19N3O5S2. The lowest BCUT2D eigenvalue weighted by Crippen LogP contribution is -2.08. The van der Waals surface area contributed by atoms with Crippen molar-refractivity contribution in [1.29, 1.82) is 0 Å². The zero-order chi connectivity index (χ0) is 20.2. The molecule has 0 radical (unpaired) electrons. The number of rotatable bonds is 10. The molecule has 0 saturated heterocycles. The maximum Gasteiger partial charge on any atom is 0.312 e. The van der Waals surface area contributed by atoms with Crippen molar-refractivity contribution in [1.82, 2.24) is 4.98 Å². The molecule has 0 spiro atoms. The molecular weight excluding hydrogens is 402 g/mol. The van der Waals surface area contributed by atoms with Crippen molar-refractivity contribution in [2.45, 2.75) is 12.8 Å². The van der Waals surface area contributed by atoms with Crippen LogP contribution in [0.3, 0.4) is 0 Å². The van der Waals surface area contributed by atoms with Crippen molar-refractivity contribution in [2.75, 3.05) is 18.6 Å². The summed E-state index contributed by atoms with van der Waals surface area (Å²) >= 11 is 0. The highest BCUT2D eigenvalue weighted by Gasteiger charge is 2.09. The molecule has 0 saturated carbocycles. The summed E-state index contributed by atoms with van der Waals surface area (Å²) in [6.45, 7) is 0. The Kier molecular flexibility index (Phi) is 9.29. The summed E-state index contributed by atoms with van der Waals surface area (Å²) in [5.74, 6) is 0.986. The highest BCUT2D eigenvalue weighted by molar-refractivity contribution is 8.76. The first-order valence-corrected chi connectivity index (χ1v) is 10.7. The monoisotopic (exact) mass is 421 g/mol. The van der Waals surface area contributed by atoms with Gasteiger partial charge in [-0.3, -0.25) is 9.59 Å². The number of aromatic hydroxyl groups is 1. The second-order valence-electron chi connectivity index (χ2n) is 5.23. The van der Waals surface area contributed by atoms with E-state index in [4.69, 9.17) is 4.74 Å². The molecule has 2 rings (SSSR count). The molecule has 10 heteroatoms. The molecule has 0 aliphatic rings. The average molecular weight is 422 g/mol. The minimum absolute atomic E-state index is 0.155. The van der Waals surface area contributed by atoms with Crippen molar-refractivity contribution in [3.8, 4) is 11.5 Å². The maximum absolute atomic E-state index is 11.9. The number of ether oxygens (including phenoxy) is 2. The molecule has 0 atom stereocenters. The van der Waals surface area contributed by atoms with Crippen molar-refractivity contribution in [2.24, 2.45) is 10.2 Å². The van der Waals surface area contributed by atoms with Gasteiger partial charge in [0.25, 0.3) is 0 Å². The first kappa shape index (κ1) is 21.7. The van der Waals surface area contributed by atoms with Gasteiger partial charge in [0, 0.05) is 23.8 Å². The largest absolute Gasteiger partial charge is 0.505 e. The minimum atomic E-state index is -0.414. The predicted octanol–water partition coefficient (Wildman–Crippen LogP) is 4.44. The zero-order valence-corrected chi connectivity index (χ0v) is 16.7. The van der Waals surface area contributed by atoms with Crippen molar-refractivity contribution in [3.63, 3.8) is 0 Å². The Morgan fingerprint density at radius 2 is 1.82 bits per heavy atom. The summed E-state index contributed by atoms with van der Waals surface area (Å²) in [7, 11) is 4.32. The number of aromatic nitrogens is 1. The number of hydrogen-bond donors (Lipinski definition) is 1. The van der Waals surface area contributed by atoms with Crippen LogP contribution in [-0.2, 0) is 14.3 Å². The van der Waals surface area contributed by atoms with Gasteiger partial charge < -0.3 is 14.6 Å². The van der Waals surface area contributed by atoms with E-state index in [1.165, 1.54) is 46.9 Å². The van der Waals surface area contributed by atoms with Crippen LogP contribution in [-0.4, -0.2) is 40.6 Å². The number of pyridine rings is 1. The molecule has 1 aromatic carbocycles. The average Bonchev–Trinajstić information content (AvgIpc) is 2.70. The highest BCUT2D eigenvalue weighted by atomic mass is 33.1. The molecule has 8 nitrogen and oxygen atoms in total. The van der Waals surface area contributed by atoms with Crippen molar-refractivity contribution >= 4 is 45.0 Å². The summed E-state index contributed by atoms with van der Waals surface area (Å²) in [5.41, 5.74) is 0.239. The number of phenols is 1. The molecule has 0 aliphatic carbocycles. The van der Waals surface area contributed by atoms with E-state index in [-0.39, 0.29) is 29.6 Å². The molecule has 148 valence electrons. The van der Waals surface area contributed by atoms with E-state index in [0.29, 0.717) is 23.7 Å². The van der Waals surface area contributed by atoms with Crippen molar-refractivity contribution < 1.29 is 24.2 Å². The molecule has 0 fully saturated rings. The standard InChI is InChI=1S/C18H19N3O5S2/c1-25-17(23)7-10-27-28-11-8-18(24)26-13-5-6-14(15(22)12-13)20-21-16-4-2-3-9-19-16/h2-6,9,12,22H,7-8,10-11H2,1H3. The number of esters is 2. The Hall–Kier alpha value is -2.59. The quantitative estimate of drug-likeness (QED) is 0.197. The van der Waals surface area contributed by atoms with E-state index in [9.17, 15) is 14.7 Å². The van der Waals surface area contributed by atoms with E-state index >= 15 is 0 Å². The van der Waals surface area contributed by atoms with E-state index in [1.54, 1.807) is 24.4 Å². The highest BCUT2D eigenvalue weighted by Crippen LogP contribution is 2.32. The fraction of sp³-hybridized carbons (Fsp3) is 0.278. The van der Waals surface area contributed by atoms with Gasteiger partial charge in [0.05, 0.1) is 20.0 Å². The van der Waals surface area contributed by atoms with E-state index in [2.05, 4.69) is 19.9 Å². The summed E-state index contributed by atoms with van der Waals surface area (Å²) in [6.07, 6.45) is 2.13. The van der Waals surface area contributed by atoms with Gasteiger partial charge in [-0.25, -0.2) is 4.98 Å². The number of nitrogens with zero attached hydrogens (tertiary/aromatic N) is 3. The molecule has 0 aliphatic heterocycles. The fourth-order valence-electron chi connectivity index (χ4n) is 1.82. The normalized spacial score (nSPS) is 10.8. The SMILES string of the molecule is COC(=O)CCSSCCC(=O)Oc1ccc(N=Nc2ccccn2)c(O)c1. The Balaban J connectivity index is 1.75. The smallest absolute Gasteiger partial charge is 0.312 e. The summed E-state index contributed by atoms with van der Waals surface area (Å²) in [5, 5.41) is 17.9. The van der Waals surface area contributed by atoms with Gasteiger partial charge in [-0.2, -0.15) is 0 Å². The van der Waals surface area contributed by atoms with Crippen LogP contribution in [0.2, 0.25) is 0 Å². The third-order valence-electron chi connectivity index (χ3n) is 3.18. The van der Waals surface area contributed by atoms with Gasteiger partial charge in [0.2, 0.25) is 0 Å². The first-order chi connectivity index (χ1) is 13.6. The molecule has 0 bridgehead atoms. The lowest BCUT2D eigenvalue weighted by Gasteiger charge is -2.05. The van der Waals surface area contributed by atoms with Crippen LogP contribution in [0.25, 0.3) is 0 Å². The van der Waals surface area contributed by atoms with Gasteiger partial charge >= 0.3 is 11.9 Å². The number of benzene rings is 1. The predicted molar refractivity (Wildman–Crippen MR) is 108 cm³/mol. The summed E-state index contributed by atoms with van der Waals surface area (Å²) < 4.78 is 9.74. The van der Waals surface area contributed by atoms with Crippen LogP contribution in [0.1, 0.15) is 12.8 Å². The molecule has 1 aromatic heterocycles. The van der Waals surface area contributed by atoms with Crippen LogP contribution in [0, 0.1) is 0 Å². The number of hydrogen-bond acceptors (Lipinski definition) is 10. The van der Waals surface area contributed by atoms with Gasteiger partial charge in [-0.1, -0.05) is 27.7 Å². The van der Waals surface area contributed by atoms with Crippen LogP contribution < -0.4 is 4.74 Å². The number of azo groups is 1. The molecule has 0 unspecified atom stereocenters. The van der Waals surface area contributed by atoms with Crippen LogP contribution in [0.4, 0.5) is 11.5 Å². The Labute approximate surface area is 170 Å². The van der Waals surface area contributed by atoms with Crippen LogP contribution in [0.15, 0.2) is 52.8 Å². The Bertz CT molecular complexity index is 818. The van der Waals surface area contributed by atoms with Gasteiger partial charge in [-0.15, -0.1) is 10.2 Å². The summed E-state index contributed by atoms with van der Waals surface area (Å²) in [4.78, 5) is 26.8. The second-order valence-corrected chi connectivity index (χ2v) is 7.93. The third-order valence-corrected chi connectivity index (χ3v) is 5.59. The first-order valence-electron chi connectivity index (χ1n) is 8.26. The molecule has 0 amide bonds.